The van der Waals surface area contributed by atoms with E-state index < -0.39 is 0 Å². The molecule has 0 saturated heterocycles. The first kappa shape index (κ1) is 23.4. The van der Waals surface area contributed by atoms with Gasteiger partial charge < -0.3 is 15.4 Å². The van der Waals surface area contributed by atoms with Gasteiger partial charge in [0.15, 0.2) is 11.8 Å². The minimum absolute atomic E-state index is 0. The number of benzene rings is 1. The van der Waals surface area contributed by atoms with Crippen LogP contribution in [0.5, 0.6) is 5.75 Å². The number of aliphatic imine (C=N–C) groups is 1. The molecule has 0 saturated carbocycles. The van der Waals surface area contributed by atoms with Crippen LogP contribution in [0.15, 0.2) is 29.3 Å². The molecule has 7 nitrogen and oxygen atoms in total. The van der Waals surface area contributed by atoms with Crippen LogP contribution in [0.25, 0.3) is 0 Å². The van der Waals surface area contributed by atoms with Crippen molar-refractivity contribution in [1.29, 1.82) is 0 Å². The third-order valence-electron chi connectivity index (χ3n) is 4.65. The van der Waals surface area contributed by atoms with E-state index in [1.165, 1.54) is 12.1 Å². The molecule has 1 aromatic carbocycles. The van der Waals surface area contributed by atoms with E-state index in [0.29, 0.717) is 24.2 Å². The molecule has 9 heteroatoms. The molecule has 160 valence electrons. The average molecular weight is 516 g/mol. The molecule has 3 rings (SSSR count). The van der Waals surface area contributed by atoms with Crippen LogP contribution in [0.3, 0.4) is 0 Å². The predicted octanol–water partition coefficient (Wildman–Crippen LogP) is 3.11. The Morgan fingerprint density at radius 1 is 1.38 bits per heavy atom. The Morgan fingerprint density at radius 2 is 2.17 bits per heavy atom. The second-order valence-corrected chi connectivity index (χ2v) is 7.44. The van der Waals surface area contributed by atoms with E-state index in [1.54, 1.807) is 19.2 Å². The highest BCUT2D eigenvalue weighted by molar-refractivity contribution is 14.0. The van der Waals surface area contributed by atoms with Crippen LogP contribution < -0.4 is 15.4 Å². The van der Waals surface area contributed by atoms with Gasteiger partial charge in [0.1, 0.15) is 23.5 Å². The van der Waals surface area contributed by atoms with Gasteiger partial charge in [-0.25, -0.2) is 14.1 Å². The van der Waals surface area contributed by atoms with Gasteiger partial charge in [-0.05, 0) is 25.5 Å². The number of nitrogens with one attached hydrogen (secondary N) is 2. The number of nitrogens with zero attached hydrogens (tertiary/aromatic N) is 4. The van der Waals surface area contributed by atoms with E-state index in [2.05, 4.69) is 39.6 Å². The molecule has 1 aliphatic rings. The molecule has 1 aliphatic heterocycles. The van der Waals surface area contributed by atoms with E-state index >= 15 is 0 Å². The number of guanidine groups is 1. The van der Waals surface area contributed by atoms with Gasteiger partial charge in [0.2, 0.25) is 0 Å². The Balaban J connectivity index is 0.00000300. The average Bonchev–Trinajstić information content (AvgIpc) is 3.09. The Morgan fingerprint density at radius 3 is 2.86 bits per heavy atom. The Hall–Kier alpha value is -1.91. The third kappa shape index (κ3) is 6.55. The van der Waals surface area contributed by atoms with Crippen LogP contribution in [0, 0.1) is 5.82 Å². The summed E-state index contributed by atoms with van der Waals surface area (Å²) >= 11 is 0. The van der Waals surface area contributed by atoms with Crippen molar-refractivity contribution in [3.8, 4) is 5.75 Å². The molecule has 0 radical (unpaired) electrons. The number of fused-ring (bicyclic) bond motifs is 1. The third-order valence-corrected chi connectivity index (χ3v) is 4.65. The summed E-state index contributed by atoms with van der Waals surface area (Å²) < 4.78 is 21.0. The Bertz CT molecular complexity index is 825. The summed E-state index contributed by atoms with van der Waals surface area (Å²) in [6.45, 7) is 7.47. The lowest BCUT2D eigenvalue weighted by molar-refractivity contribution is 0.222. The Kier molecular flexibility index (Phi) is 8.66. The number of rotatable bonds is 6. The quantitative estimate of drug-likeness (QED) is 0.351. The van der Waals surface area contributed by atoms with Crippen molar-refractivity contribution < 1.29 is 9.13 Å². The maximum atomic E-state index is 13.3. The molecule has 0 aliphatic carbocycles. The summed E-state index contributed by atoms with van der Waals surface area (Å²) in [7, 11) is 1.74. The van der Waals surface area contributed by atoms with Crippen LogP contribution in [0.2, 0.25) is 0 Å². The highest BCUT2D eigenvalue weighted by atomic mass is 127. The van der Waals surface area contributed by atoms with E-state index in [1.807, 2.05) is 11.6 Å². The van der Waals surface area contributed by atoms with Crippen LogP contribution in [-0.2, 0) is 13.0 Å². The fraction of sp³-hybridized carbons (Fsp3) is 0.550. The summed E-state index contributed by atoms with van der Waals surface area (Å²) in [4.78, 5) is 8.92. The van der Waals surface area contributed by atoms with Gasteiger partial charge in [0, 0.05) is 31.5 Å². The van der Waals surface area contributed by atoms with Gasteiger partial charge in [0.05, 0.1) is 13.1 Å². The van der Waals surface area contributed by atoms with Crippen molar-refractivity contribution in [2.45, 2.75) is 58.2 Å². The molecule has 0 spiro atoms. The first-order valence-electron chi connectivity index (χ1n) is 9.77. The summed E-state index contributed by atoms with van der Waals surface area (Å²) in [5, 5.41) is 11.3. The zero-order valence-electron chi connectivity index (χ0n) is 17.4. The SMILES string of the molecule is CN=C(NCC(C)Oc1cccc(F)c1)NC1CCc2nc(C(C)C)nn2C1.I. The van der Waals surface area contributed by atoms with Crippen molar-refractivity contribution in [3.05, 3.63) is 41.7 Å². The monoisotopic (exact) mass is 516 g/mol. The largest absolute Gasteiger partial charge is 0.489 e. The van der Waals surface area contributed by atoms with Crippen LogP contribution in [-0.4, -0.2) is 46.5 Å². The van der Waals surface area contributed by atoms with Gasteiger partial charge in [-0.3, -0.25) is 4.99 Å². The lowest BCUT2D eigenvalue weighted by Gasteiger charge is -2.26. The molecule has 0 bridgehead atoms. The molecule has 0 amide bonds. The maximum absolute atomic E-state index is 13.3. The van der Waals surface area contributed by atoms with Crippen molar-refractivity contribution in [3.63, 3.8) is 0 Å². The molecule has 2 N–H and O–H groups in total. The fourth-order valence-electron chi connectivity index (χ4n) is 3.13. The summed E-state index contributed by atoms with van der Waals surface area (Å²) in [6.07, 6.45) is 1.74. The second-order valence-electron chi connectivity index (χ2n) is 7.44. The standard InChI is InChI=1S/C20H29FN6O.HI/c1-13(2)19-25-18-9-8-16(12-27(18)26-19)24-20(22-4)23-11-14(3)28-17-7-5-6-15(21)10-17;/h5-7,10,13-14,16H,8-9,11-12H2,1-4H3,(H2,22,23,24);1H. The molecule has 0 fully saturated rings. The zero-order valence-corrected chi connectivity index (χ0v) is 19.7. The maximum Gasteiger partial charge on any atom is 0.191 e. The molecule has 2 aromatic rings. The minimum atomic E-state index is -0.305. The summed E-state index contributed by atoms with van der Waals surface area (Å²) in [5.74, 6) is 3.22. The Labute approximate surface area is 188 Å². The minimum Gasteiger partial charge on any atom is -0.489 e. The van der Waals surface area contributed by atoms with Gasteiger partial charge in [-0.15, -0.1) is 24.0 Å². The van der Waals surface area contributed by atoms with Gasteiger partial charge in [-0.2, -0.15) is 5.10 Å². The van der Waals surface area contributed by atoms with Crippen LogP contribution in [0.1, 0.15) is 44.8 Å². The van der Waals surface area contributed by atoms with Crippen molar-refractivity contribution in [2.24, 2.45) is 4.99 Å². The number of hydrogen-bond acceptors (Lipinski definition) is 4. The molecule has 1 aromatic heterocycles. The van der Waals surface area contributed by atoms with Crippen LogP contribution in [0.4, 0.5) is 4.39 Å². The number of halogens is 2. The number of aromatic nitrogens is 3. The molecular weight excluding hydrogens is 486 g/mol. The normalized spacial score (nSPS) is 17.3. The van der Waals surface area contributed by atoms with Crippen molar-refractivity contribution in [2.75, 3.05) is 13.6 Å². The lowest BCUT2D eigenvalue weighted by atomic mass is 10.1. The number of aryl methyl sites for hydroxylation is 1. The fourth-order valence-corrected chi connectivity index (χ4v) is 3.13. The van der Waals surface area contributed by atoms with Gasteiger partial charge in [-0.1, -0.05) is 19.9 Å². The van der Waals surface area contributed by atoms with E-state index in [0.717, 1.165) is 31.0 Å². The van der Waals surface area contributed by atoms with E-state index in [-0.39, 0.29) is 41.9 Å². The van der Waals surface area contributed by atoms with Crippen LogP contribution >= 0.6 is 24.0 Å². The van der Waals surface area contributed by atoms with Crippen molar-refractivity contribution in [1.82, 2.24) is 25.4 Å². The first-order chi connectivity index (χ1) is 13.4. The lowest BCUT2D eigenvalue weighted by Crippen LogP contribution is -2.48. The van der Waals surface area contributed by atoms with Gasteiger partial charge in [0.25, 0.3) is 0 Å². The highest BCUT2D eigenvalue weighted by Crippen LogP contribution is 2.17. The molecule has 2 heterocycles. The smallest absolute Gasteiger partial charge is 0.191 e. The summed E-state index contributed by atoms with van der Waals surface area (Å²) in [5.41, 5.74) is 0. The van der Waals surface area contributed by atoms with Gasteiger partial charge >= 0.3 is 0 Å². The molecule has 29 heavy (non-hydrogen) atoms. The second kappa shape index (κ2) is 10.7. The first-order valence-corrected chi connectivity index (χ1v) is 9.77. The molecule has 2 atom stereocenters. The number of ether oxygens (including phenoxy) is 1. The zero-order chi connectivity index (χ0) is 20.1. The van der Waals surface area contributed by atoms with Crippen molar-refractivity contribution >= 4 is 29.9 Å². The van der Waals surface area contributed by atoms with E-state index in [4.69, 9.17) is 4.74 Å². The predicted molar refractivity (Wildman–Crippen MR) is 123 cm³/mol. The van der Waals surface area contributed by atoms with E-state index in [9.17, 15) is 4.39 Å². The number of hydrogen-bond donors (Lipinski definition) is 2. The molecular formula is C20H30FIN6O. The summed E-state index contributed by atoms with van der Waals surface area (Å²) in [6, 6.07) is 6.40. The topological polar surface area (TPSA) is 76.4 Å². The highest BCUT2D eigenvalue weighted by Gasteiger charge is 2.23. The molecule has 2 unspecified atom stereocenters.